The van der Waals surface area contributed by atoms with Crippen LogP contribution in [-0.2, 0) is 4.79 Å². The number of hydrogen-bond donors (Lipinski definition) is 0. The second-order valence-corrected chi connectivity index (χ2v) is 2.61. The Morgan fingerprint density at radius 3 is 2.50 bits per heavy atom. The normalized spacial score (nSPS) is 24.8. The fraction of sp³-hybridized carbons (Fsp3) is 0.857. The van der Waals surface area contributed by atoms with E-state index >= 15 is 0 Å². The summed E-state index contributed by atoms with van der Waals surface area (Å²) in [7, 11) is 1.89. The summed E-state index contributed by atoms with van der Waals surface area (Å²) in [5.74, 6) is 0.307. The lowest BCUT2D eigenvalue weighted by molar-refractivity contribution is -0.127. The van der Waals surface area contributed by atoms with Crippen molar-refractivity contribution < 1.29 is 10.3 Å². The third kappa shape index (κ3) is 1.48. The van der Waals surface area contributed by atoms with Gasteiger partial charge in [0.05, 0.1) is 0 Å². The van der Waals surface area contributed by atoms with Gasteiger partial charge in [0.15, 0.2) is 0 Å². The number of carbonyl (C=O) groups is 1. The molecule has 3 heteroatoms. The van der Waals surface area contributed by atoms with Gasteiger partial charge in [0.2, 0.25) is 5.91 Å². The molecule has 0 aromatic carbocycles. The smallest absolute Gasteiger partial charge is 0.222 e. The van der Waals surface area contributed by atoms with Crippen molar-refractivity contribution in [3.05, 3.63) is 0 Å². The van der Waals surface area contributed by atoms with Crippen LogP contribution in [0, 0.1) is 0 Å². The van der Waals surface area contributed by atoms with Gasteiger partial charge in [-0.1, -0.05) is 6.92 Å². The van der Waals surface area contributed by atoms with E-state index < -0.39 is 0 Å². The molecule has 0 saturated carbocycles. The Morgan fingerprint density at radius 2 is 2.30 bits per heavy atom. The Bertz CT molecular complexity index is 125. The van der Waals surface area contributed by atoms with Crippen molar-refractivity contribution in [2.24, 2.45) is 0 Å². The van der Waals surface area contributed by atoms with Gasteiger partial charge in [0, 0.05) is 19.5 Å². The van der Waals surface area contributed by atoms with Crippen LogP contribution in [0.25, 0.3) is 0 Å². The van der Waals surface area contributed by atoms with Crippen LogP contribution in [0.5, 0.6) is 0 Å². The molecule has 1 heterocycles. The van der Waals surface area contributed by atoms with Crippen molar-refractivity contribution in [1.29, 1.82) is 0 Å². The highest BCUT2D eigenvalue weighted by Gasteiger charge is 2.25. The number of amides is 1. The summed E-state index contributed by atoms with van der Waals surface area (Å²) < 4.78 is 0. The van der Waals surface area contributed by atoms with Crippen molar-refractivity contribution in [3.8, 4) is 0 Å². The Morgan fingerprint density at radius 1 is 1.70 bits per heavy atom. The molecule has 0 radical (unpaired) electrons. The largest absolute Gasteiger partial charge is 0.412 e. The Balaban J connectivity index is 0.000000810. The standard InChI is InChI=1S/C7H13NO.H2O/c1-3-6-4-5-7(9)8(6)2;/h6H,3-5H2,1-2H3;1H2/t6-;/m0./s1. The minimum Gasteiger partial charge on any atom is -0.412 e. The number of hydrogen-bond acceptors (Lipinski definition) is 1. The first kappa shape index (κ1) is 9.43. The van der Waals surface area contributed by atoms with E-state index in [1.807, 2.05) is 11.9 Å². The van der Waals surface area contributed by atoms with E-state index in [-0.39, 0.29) is 5.48 Å². The maximum atomic E-state index is 10.9. The molecular weight excluding hydrogens is 130 g/mol. The number of nitrogens with zero attached hydrogens (tertiary/aromatic N) is 1. The average Bonchev–Trinajstić information content (AvgIpc) is 2.15. The van der Waals surface area contributed by atoms with E-state index in [9.17, 15) is 4.79 Å². The van der Waals surface area contributed by atoms with Gasteiger partial charge in [0.25, 0.3) is 0 Å². The maximum Gasteiger partial charge on any atom is 0.222 e. The average molecular weight is 145 g/mol. The zero-order chi connectivity index (χ0) is 6.85. The molecule has 0 bridgehead atoms. The molecule has 1 aliphatic heterocycles. The lowest BCUT2D eigenvalue weighted by atomic mass is 10.2. The molecule has 0 aromatic rings. The van der Waals surface area contributed by atoms with Gasteiger partial charge >= 0.3 is 0 Å². The SMILES string of the molecule is CC[C@H]1CCC(=O)N1C.O. The van der Waals surface area contributed by atoms with Crippen LogP contribution in [0.15, 0.2) is 0 Å². The highest BCUT2D eigenvalue weighted by Crippen LogP contribution is 2.18. The number of rotatable bonds is 1. The van der Waals surface area contributed by atoms with E-state index in [1.165, 1.54) is 0 Å². The molecular formula is C7H15NO2. The van der Waals surface area contributed by atoms with Crippen LogP contribution in [0.1, 0.15) is 26.2 Å². The first-order valence-electron chi connectivity index (χ1n) is 3.51. The van der Waals surface area contributed by atoms with E-state index in [0.717, 1.165) is 19.3 Å². The van der Waals surface area contributed by atoms with Gasteiger partial charge in [-0.3, -0.25) is 4.79 Å². The summed E-state index contributed by atoms with van der Waals surface area (Å²) in [6.45, 7) is 2.12. The minimum atomic E-state index is 0. The maximum absolute atomic E-state index is 10.9. The highest BCUT2D eigenvalue weighted by molar-refractivity contribution is 5.78. The van der Waals surface area contributed by atoms with Gasteiger partial charge in [-0.05, 0) is 12.8 Å². The van der Waals surface area contributed by atoms with Crippen LogP contribution in [-0.4, -0.2) is 29.4 Å². The quantitative estimate of drug-likeness (QED) is 0.519. The molecule has 1 rings (SSSR count). The fourth-order valence-corrected chi connectivity index (χ4v) is 1.34. The first-order valence-corrected chi connectivity index (χ1v) is 3.51. The Labute approximate surface area is 61.3 Å². The van der Waals surface area contributed by atoms with Gasteiger partial charge in [-0.25, -0.2) is 0 Å². The predicted molar refractivity (Wildman–Crippen MR) is 39.7 cm³/mol. The lowest BCUT2D eigenvalue weighted by Gasteiger charge is -2.16. The van der Waals surface area contributed by atoms with E-state index in [4.69, 9.17) is 0 Å². The second kappa shape index (κ2) is 3.56. The van der Waals surface area contributed by atoms with E-state index in [2.05, 4.69) is 6.92 Å². The second-order valence-electron chi connectivity index (χ2n) is 2.61. The van der Waals surface area contributed by atoms with Crippen LogP contribution < -0.4 is 0 Å². The van der Waals surface area contributed by atoms with Gasteiger partial charge in [-0.2, -0.15) is 0 Å². The lowest BCUT2D eigenvalue weighted by Crippen LogP contribution is -2.27. The molecule has 60 valence electrons. The first-order chi connectivity index (χ1) is 4.25. The zero-order valence-corrected chi connectivity index (χ0v) is 6.55. The molecule has 0 unspecified atom stereocenters. The van der Waals surface area contributed by atoms with Gasteiger partial charge in [0.1, 0.15) is 0 Å². The van der Waals surface area contributed by atoms with Crippen LogP contribution in [0.4, 0.5) is 0 Å². The van der Waals surface area contributed by atoms with Crippen LogP contribution in [0.3, 0.4) is 0 Å². The number of likely N-dealkylation sites (tertiary alicyclic amines) is 1. The molecule has 1 atom stereocenters. The van der Waals surface area contributed by atoms with Crippen LogP contribution in [0.2, 0.25) is 0 Å². The molecule has 1 aliphatic rings. The summed E-state index contributed by atoms with van der Waals surface area (Å²) in [5, 5.41) is 0. The van der Waals surface area contributed by atoms with Crippen LogP contribution >= 0.6 is 0 Å². The molecule has 1 saturated heterocycles. The Kier molecular flexibility index (Phi) is 3.36. The van der Waals surface area contributed by atoms with E-state index in [1.54, 1.807) is 0 Å². The Hall–Kier alpha value is -0.570. The predicted octanol–water partition coefficient (Wildman–Crippen LogP) is 0.193. The summed E-state index contributed by atoms with van der Waals surface area (Å²) >= 11 is 0. The van der Waals surface area contributed by atoms with Crippen molar-refractivity contribution >= 4 is 5.91 Å². The van der Waals surface area contributed by atoms with Crippen molar-refractivity contribution in [3.63, 3.8) is 0 Å². The van der Waals surface area contributed by atoms with Gasteiger partial charge in [-0.15, -0.1) is 0 Å². The summed E-state index contributed by atoms with van der Waals surface area (Å²) in [6, 6.07) is 0.525. The monoisotopic (exact) mass is 145 g/mol. The molecule has 10 heavy (non-hydrogen) atoms. The number of carbonyl (C=O) groups excluding carboxylic acids is 1. The topological polar surface area (TPSA) is 51.8 Å². The highest BCUT2D eigenvalue weighted by atomic mass is 16.2. The molecule has 0 aliphatic carbocycles. The zero-order valence-electron chi connectivity index (χ0n) is 6.55. The third-order valence-electron chi connectivity index (χ3n) is 2.10. The third-order valence-corrected chi connectivity index (χ3v) is 2.10. The van der Waals surface area contributed by atoms with Gasteiger partial charge < -0.3 is 10.4 Å². The summed E-state index contributed by atoms with van der Waals surface area (Å²) in [5.41, 5.74) is 0. The molecule has 3 nitrogen and oxygen atoms in total. The molecule has 2 N–H and O–H groups in total. The van der Waals surface area contributed by atoms with Crippen molar-refractivity contribution in [2.75, 3.05) is 7.05 Å². The molecule has 0 aromatic heterocycles. The van der Waals surface area contributed by atoms with Crippen molar-refractivity contribution in [2.45, 2.75) is 32.2 Å². The molecule has 1 amide bonds. The molecule has 0 spiro atoms. The summed E-state index contributed by atoms with van der Waals surface area (Å²) in [4.78, 5) is 12.7. The fourth-order valence-electron chi connectivity index (χ4n) is 1.34. The molecule has 1 fully saturated rings. The minimum absolute atomic E-state index is 0. The summed E-state index contributed by atoms with van der Waals surface area (Å²) in [6.07, 6.45) is 2.92. The van der Waals surface area contributed by atoms with Crippen molar-refractivity contribution in [1.82, 2.24) is 4.90 Å². The van der Waals surface area contributed by atoms with E-state index in [0.29, 0.717) is 11.9 Å².